The van der Waals surface area contributed by atoms with E-state index >= 15 is 0 Å². The Labute approximate surface area is 126 Å². The summed E-state index contributed by atoms with van der Waals surface area (Å²) in [5.74, 6) is 0.427. The molecule has 0 bridgehead atoms. The van der Waals surface area contributed by atoms with Crippen molar-refractivity contribution in [2.45, 2.75) is 13.0 Å². The van der Waals surface area contributed by atoms with Gasteiger partial charge in [0.15, 0.2) is 0 Å². The average molecular weight is 302 g/mol. The minimum Gasteiger partial charge on any atom is -0.490 e. The third-order valence-electron chi connectivity index (χ3n) is 3.42. The summed E-state index contributed by atoms with van der Waals surface area (Å²) in [7, 11) is 0. The van der Waals surface area contributed by atoms with Crippen molar-refractivity contribution < 1.29 is 14.5 Å². The predicted octanol–water partition coefficient (Wildman–Crippen LogP) is 1.61. The van der Waals surface area contributed by atoms with E-state index in [4.69, 9.17) is 4.74 Å². The third kappa shape index (κ3) is 2.76. The van der Waals surface area contributed by atoms with Gasteiger partial charge >= 0.3 is 5.82 Å². The van der Waals surface area contributed by atoms with E-state index in [0.717, 1.165) is 5.69 Å². The smallest absolute Gasteiger partial charge is 0.381 e. The van der Waals surface area contributed by atoms with Gasteiger partial charge in [-0.15, -0.1) is 0 Å². The second kappa shape index (κ2) is 5.84. The van der Waals surface area contributed by atoms with Crippen LogP contribution in [0.15, 0.2) is 36.8 Å². The van der Waals surface area contributed by atoms with Crippen molar-refractivity contribution in [2.75, 3.05) is 18.1 Å². The summed E-state index contributed by atoms with van der Waals surface area (Å²) in [6.45, 7) is 1.30. The number of imidazole rings is 1. The van der Waals surface area contributed by atoms with E-state index in [2.05, 4.69) is 4.98 Å². The van der Waals surface area contributed by atoms with Crippen LogP contribution in [-0.2, 0) is 11.3 Å². The van der Waals surface area contributed by atoms with Gasteiger partial charge in [0.25, 0.3) is 0 Å². The van der Waals surface area contributed by atoms with Gasteiger partial charge in [0.05, 0.1) is 12.2 Å². The minimum absolute atomic E-state index is 0.0490. The van der Waals surface area contributed by atoms with E-state index < -0.39 is 4.92 Å². The van der Waals surface area contributed by atoms with Crippen LogP contribution < -0.4 is 9.64 Å². The van der Waals surface area contributed by atoms with Crippen molar-refractivity contribution in [3.8, 4) is 5.75 Å². The molecule has 0 saturated heterocycles. The Bertz CT molecular complexity index is 712. The van der Waals surface area contributed by atoms with E-state index in [1.165, 1.54) is 12.5 Å². The van der Waals surface area contributed by atoms with Crippen LogP contribution in [0.5, 0.6) is 5.75 Å². The lowest BCUT2D eigenvalue weighted by Gasteiger charge is -2.29. The van der Waals surface area contributed by atoms with Crippen molar-refractivity contribution >= 4 is 17.4 Å². The first-order valence-corrected chi connectivity index (χ1v) is 6.83. The number of benzene rings is 1. The molecule has 0 aliphatic carbocycles. The third-order valence-corrected chi connectivity index (χ3v) is 3.42. The van der Waals surface area contributed by atoms with Crippen LogP contribution in [-0.4, -0.2) is 33.5 Å². The molecule has 2 heterocycles. The molecule has 0 spiro atoms. The molecule has 0 radical (unpaired) electrons. The second-order valence-corrected chi connectivity index (χ2v) is 4.84. The molecule has 1 amide bonds. The van der Waals surface area contributed by atoms with E-state index in [0.29, 0.717) is 25.4 Å². The van der Waals surface area contributed by atoms with Crippen molar-refractivity contribution in [3.63, 3.8) is 0 Å². The number of aromatic nitrogens is 2. The minimum atomic E-state index is -0.559. The zero-order valence-electron chi connectivity index (χ0n) is 11.7. The van der Waals surface area contributed by atoms with E-state index in [1.807, 2.05) is 24.3 Å². The molecule has 8 nitrogen and oxygen atoms in total. The van der Waals surface area contributed by atoms with Crippen LogP contribution in [0, 0.1) is 10.1 Å². The second-order valence-electron chi connectivity index (χ2n) is 4.84. The van der Waals surface area contributed by atoms with Gasteiger partial charge in [0, 0.05) is 13.0 Å². The lowest BCUT2D eigenvalue weighted by atomic mass is 10.2. The van der Waals surface area contributed by atoms with Gasteiger partial charge in [-0.05, 0) is 22.0 Å². The predicted molar refractivity (Wildman–Crippen MR) is 77.8 cm³/mol. The van der Waals surface area contributed by atoms with Crippen LogP contribution in [0.1, 0.15) is 6.42 Å². The summed E-state index contributed by atoms with van der Waals surface area (Å²) in [5, 5.41) is 10.6. The molecule has 0 fully saturated rings. The van der Waals surface area contributed by atoms with E-state index in [-0.39, 0.29) is 18.1 Å². The van der Waals surface area contributed by atoms with Crippen LogP contribution in [0.4, 0.5) is 11.5 Å². The highest BCUT2D eigenvalue weighted by molar-refractivity contribution is 5.95. The highest BCUT2D eigenvalue weighted by atomic mass is 16.6. The molecule has 0 saturated carbocycles. The molecule has 0 N–H and O–H groups in total. The SMILES string of the molecule is O=C(CCn1cnc([N+](=O)[O-])c1)N1CCOc2ccccc21. The van der Waals surface area contributed by atoms with Gasteiger partial charge in [-0.1, -0.05) is 12.1 Å². The molecular formula is C14H14N4O4. The number of carbonyl (C=O) groups excluding carboxylic acids is 1. The lowest BCUT2D eigenvalue weighted by Crippen LogP contribution is -2.38. The molecule has 8 heteroatoms. The number of amides is 1. The number of nitrogens with zero attached hydrogens (tertiary/aromatic N) is 4. The van der Waals surface area contributed by atoms with Crippen LogP contribution in [0.3, 0.4) is 0 Å². The fraction of sp³-hybridized carbons (Fsp3) is 0.286. The summed E-state index contributed by atoms with van der Waals surface area (Å²) < 4.78 is 7.06. The average Bonchev–Trinajstić information content (AvgIpc) is 3.01. The first-order chi connectivity index (χ1) is 10.6. The van der Waals surface area contributed by atoms with Gasteiger partial charge in [0.1, 0.15) is 18.6 Å². The van der Waals surface area contributed by atoms with Crippen molar-refractivity contribution in [1.29, 1.82) is 0 Å². The monoisotopic (exact) mass is 302 g/mol. The number of fused-ring (bicyclic) bond motifs is 1. The van der Waals surface area contributed by atoms with Crippen molar-refractivity contribution in [1.82, 2.24) is 9.55 Å². The van der Waals surface area contributed by atoms with Gasteiger partial charge in [-0.25, -0.2) is 0 Å². The van der Waals surface area contributed by atoms with E-state index in [1.54, 1.807) is 9.47 Å². The molecule has 1 aliphatic rings. The summed E-state index contributed by atoms with van der Waals surface area (Å²) in [4.78, 5) is 27.7. The number of hydrogen-bond donors (Lipinski definition) is 0. The van der Waals surface area contributed by atoms with Crippen LogP contribution >= 0.6 is 0 Å². The molecule has 22 heavy (non-hydrogen) atoms. The highest BCUT2D eigenvalue weighted by Gasteiger charge is 2.23. The topological polar surface area (TPSA) is 90.5 Å². The fourth-order valence-corrected chi connectivity index (χ4v) is 2.35. The maximum Gasteiger partial charge on any atom is 0.381 e. The molecule has 0 atom stereocenters. The Morgan fingerprint density at radius 2 is 2.23 bits per heavy atom. The number of carbonyl (C=O) groups is 1. The number of ether oxygens (including phenoxy) is 1. The normalized spacial score (nSPS) is 13.4. The first-order valence-electron chi connectivity index (χ1n) is 6.83. The molecule has 2 aromatic rings. The number of rotatable bonds is 4. The van der Waals surface area contributed by atoms with Gasteiger partial charge < -0.3 is 24.3 Å². The molecule has 1 aliphatic heterocycles. The molecule has 1 aromatic carbocycles. The van der Waals surface area contributed by atoms with Gasteiger partial charge in [0.2, 0.25) is 12.2 Å². The molecule has 0 unspecified atom stereocenters. The lowest BCUT2D eigenvalue weighted by molar-refractivity contribution is -0.389. The number of aryl methyl sites for hydroxylation is 1. The maximum absolute atomic E-state index is 12.4. The number of nitro groups is 1. The summed E-state index contributed by atoms with van der Waals surface area (Å²) >= 11 is 0. The molecule has 114 valence electrons. The fourth-order valence-electron chi connectivity index (χ4n) is 2.35. The summed E-state index contributed by atoms with van der Waals surface area (Å²) in [6.07, 6.45) is 2.92. The Hall–Kier alpha value is -2.90. The van der Waals surface area contributed by atoms with Crippen molar-refractivity contribution in [3.05, 3.63) is 46.9 Å². The summed E-state index contributed by atoms with van der Waals surface area (Å²) in [5.41, 5.74) is 0.760. The quantitative estimate of drug-likeness (QED) is 0.632. The number of anilines is 1. The molecule has 1 aromatic heterocycles. The Morgan fingerprint density at radius 3 is 3.00 bits per heavy atom. The zero-order chi connectivity index (χ0) is 15.5. The first kappa shape index (κ1) is 14.1. The van der Waals surface area contributed by atoms with Crippen LogP contribution in [0.25, 0.3) is 0 Å². The van der Waals surface area contributed by atoms with E-state index in [9.17, 15) is 14.9 Å². The largest absolute Gasteiger partial charge is 0.490 e. The standard InChI is InChI=1S/C14H14N4O4/c19-14(5-6-16-9-13(15-10-16)18(20)21)17-7-8-22-12-4-2-1-3-11(12)17/h1-4,9-10H,5-8H2. The number of para-hydroxylation sites is 2. The maximum atomic E-state index is 12.4. The van der Waals surface area contributed by atoms with Crippen LogP contribution in [0.2, 0.25) is 0 Å². The zero-order valence-corrected chi connectivity index (χ0v) is 11.7. The van der Waals surface area contributed by atoms with Crippen molar-refractivity contribution in [2.24, 2.45) is 0 Å². The van der Waals surface area contributed by atoms with Gasteiger partial charge in [-0.3, -0.25) is 4.79 Å². The molecular weight excluding hydrogens is 288 g/mol. The van der Waals surface area contributed by atoms with Gasteiger partial charge in [-0.2, -0.15) is 0 Å². The number of hydrogen-bond acceptors (Lipinski definition) is 5. The molecule has 3 rings (SSSR count). The Morgan fingerprint density at radius 1 is 1.41 bits per heavy atom. The highest BCUT2D eigenvalue weighted by Crippen LogP contribution is 2.31. The Balaban J connectivity index is 1.66. The summed E-state index contributed by atoms with van der Waals surface area (Å²) in [6, 6.07) is 7.38. The Kier molecular flexibility index (Phi) is 3.73.